The molecule has 0 saturated carbocycles. The molecule has 14 heteroatoms. The summed E-state index contributed by atoms with van der Waals surface area (Å²) in [6.07, 6.45) is 0.758. The summed E-state index contributed by atoms with van der Waals surface area (Å²) in [5, 5.41) is 16.4. The second-order valence-electron chi connectivity index (χ2n) is 12.0. The van der Waals surface area contributed by atoms with Crippen LogP contribution in [0.25, 0.3) is 22.0 Å². The first kappa shape index (κ1) is 33.6. The largest absolute Gasteiger partial charge is 0.465 e. The van der Waals surface area contributed by atoms with Crippen LogP contribution in [0.4, 0.5) is 32.5 Å². The predicted molar refractivity (Wildman–Crippen MR) is 173 cm³/mol. The Balaban J connectivity index is 1.90. The molecule has 0 atom stereocenters. The van der Waals surface area contributed by atoms with Crippen molar-refractivity contribution < 1.29 is 33.5 Å². The molecule has 0 aliphatic heterocycles. The van der Waals surface area contributed by atoms with E-state index in [0.717, 1.165) is 7.11 Å². The molecule has 0 unspecified atom stereocenters. The molecule has 0 fully saturated rings. The number of anilines is 3. The van der Waals surface area contributed by atoms with Crippen LogP contribution in [-0.4, -0.2) is 51.4 Å². The van der Waals surface area contributed by atoms with Gasteiger partial charge in [-0.3, -0.25) is 15.1 Å². The van der Waals surface area contributed by atoms with Crippen molar-refractivity contribution in [3.05, 3.63) is 81.6 Å². The zero-order valence-corrected chi connectivity index (χ0v) is 27.0. The smallest absolute Gasteiger partial charge is 0.425 e. The van der Waals surface area contributed by atoms with Gasteiger partial charge in [-0.1, -0.05) is 23.7 Å². The second-order valence-corrected chi connectivity index (χ2v) is 12.4. The van der Waals surface area contributed by atoms with Crippen molar-refractivity contribution in [1.82, 2.24) is 9.97 Å². The first-order valence-electron chi connectivity index (χ1n) is 13.9. The summed E-state index contributed by atoms with van der Waals surface area (Å²) >= 11 is 6.32. The van der Waals surface area contributed by atoms with Gasteiger partial charge in [0.25, 0.3) is 0 Å². The van der Waals surface area contributed by atoms with E-state index in [1.807, 2.05) is 0 Å². The fourth-order valence-corrected chi connectivity index (χ4v) is 4.57. The number of benzene rings is 2. The number of nitro benzene ring substituents is 1. The predicted octanol–water partition coefficient (Wildman–Crippen LogP) is 8.07. The monoisotopic (exact) mass is 649 g/mol. The molecule has 2 aromatic heterocycles. The highest BCUT2D eigenvalue weighted by molar-refractivity contribution is 6.35. The van der Waals surface area contributed by atoms with E-state index in [2.05, 4.69) is 15.3 Å². The Labute approximate surface area is 269 Å². The molecule has 240 valence electrons. The highest BCUT2D eigenvalue weighted by atomic mass is 35.5. The molecule has 0 bridgehead atoms. The first-order chi connectivity index (χ1) is 21.5. The highest BCUT2D eigenvalue weighted by Gasteiger charge is 2.34. The Morgan fingerprint density at radius 2 is 1.50 bits per heavy atom. The van der Waals surface area contributed by atoms with Crippen molar-refractivity contribution in [2.75, 3.05) is 17.3 Å². The lowest BCUT2D eigenvalue weighted by Gasteiger charge is -2.28. The quantitative estimate of drug-likeness (QED) is 0.0929. The van der Waals surface area contributed by atoms with Gasteiger partial charge in [0, 0.05) is 23.5 Å². The molecule has 46 heavy (non-hydrogen) atoms. The number of carbonyl (C=O) groups is 3. The number of nitrogens with one attached hydrogen (secondary N) is 1. The first-order valence-corrected chi connectivity index (χ1v) is 14.3. The Morgan fingerprint density at radius 1 is 0.870 bits per heavy atom. The van der Waals surface area contributed by atoms with Crippen molar-refractivity contribution in [2.45, 2.75) is 52.7 Å². The van der Waals surface area contributed by atoms with Crippen LogP contribution in [0.1, 0.15) is 51.9 Å². The second kappa shape index (κ2) is 13.0. The van der Waals surface area contributed by atoms with Crippen molar-refractivity contribution in [1.29, 1.82) is 0 Å². The molecule has 4 aromatic rings. The van der Waals surface area contributed by atoms with Gasteiger partial charge in [-0.05, 0) is 89.1 Å². The Kier molecular flexibility index (Phi) is 9.47. The minimum absolute atomic E-state index is 0.0510. The molecule has 2 aromatic carbocycles. The number of esters is 1. The normalized spacial score (nSPS) is 11.5. The van der Waals surface area contributed by atoms with E-state index in [9.17, 15) is 24.5 Å². The molecular formula is C32H32ClN5O8. The molecule has 4 rings (SSSR count). The molecule has 0 aliphatic rings. The summed E-state index contributed by atoms with van der Waals surface area (Å²) in [6.45, 7) is 9.84. The van der Waals surface area contributed by atoms with Gasteiger partial charge in [0.05, 0.1) is 22.6 Å². The van der Waals surface area contributed by atoms with Gasteiger partial charge >= 0.3 is 23.8 Å². The van der Waals surface area contributed by atoms with E-state index in [0.29, 0.717) is 37.6 Å². The number of pyridine rings is 2. The third-order valence-corrected chi connectivity index (χ3v) is 6.45. The number of fused-ring (bicyclic) bond motifs is 1. The third-order valence-electron chi connectivity index (χ3n) is 6.15. The van der Waals surface area contributed by atoms with Crippen LogP contribution < -0.4 is 10.2 Å². The maximum absolute atomic E-state index is 13.2. The summed E-state index contributed by atoms with van der Waals surface area (Å²) in [6, 6.07) is 12.4. The van der Waals surface area contributed by atoms with Crippen molar-refractivity contribution in [3.63, 3.8) is 0 Å². The third kappa shape index (κ3) is 7.67. The van der Waals surface area contributed by atoms with E-state index >= 15 is 0 Å². The summed E-state index contributed by atoms with van der Waals surface area (Å²) in [4.78, 5) is 60.1. The van der Waals surface area contributed by atoms with Crippen LogP contribution in [0.15, 0.2) is 60.9 Å². The molecular weight excluding hydrogens is 618 g/mol. The number of methoxy groups -OCH3 is 1. The Morgan fingerprint density at radius 3 is 2.09 bits per heavy atom. The number of nitrogens with zero attached hydrogens (tertiary/aromatic N) is 4. The summed E-state index contributed by atoms with van der Waals surface area (Å²) in [7, 11) is 1.11. The summed E-state index contributed by atoms with van der Waals surface area (Å²) in [5.74, 6) is -1.11. The molecule has 2 amide bonds. The summed E-state index contributed by atoms with van der Waals surface area (Å²) in [5.41, 5.74) is -1.32. The number of ether oxygens (including phenoxy) is 3. The lowest BCUT2D eigenvalue weighted by molar-refractivity contribution is -0.384. The minimum Gasteiger partial charge on any atom is -0.465 e. The van der Waals surface area contributed by atoms with Crippen molar-refractivity contribution in [2.24, 2.45) is 0 Å². The van der Waals surface area contributed by atoms with Crippen LogP contribution in [0.3, 0.4) is 0 Å². The zero-order valence-electron chi connectivity index (χ0n) is 26.2. The molecule has 0 spiro atoms. The maximum atomic E-state index is 13.2. The number of nitro groups is 1. The van der Waals surface area contributed by atoms with E-state index in [4.69, 9.17) is 25.8 Å². The van der Waals surface area contributed by atoms with Gasteiger partial charge in [0.15, 0.2) is 0 Å². The number of amides is 2. The van der Waals surface area contributed by atoms with Crippen molar-refractivity contribution in [3.8, 4) is 11.1 Å². The molecule has 0 saturated heterocycles. The topological polar surface area (TPSA) is 163 Å². The number of para-hydroxylation sites is 1. The van der Waals surface area contributed by atoms with E-state index in [-0.39, 0.29) is 17.1 Å². The van der Waals surface area contributed by atoms with Crippen molar-refractivity contribution >= 4 is 63.5 Å². The molecule has 0 radical (unpaired) electrons. The fraction of sp³-hybridized carbons (Fsp3) is 0.281. The zero-order chi connectivity index (χ0) is 34.0. The van der Waals surface area contributed by atoms with Crippen LogP contribution in [0, 0.1) is 10.1 Å². The van der Waals surface area contributed by atoms with Gasteiger partial charge in [-0.2, -0.15) is 4.90 Å². The molecule has 0 aliphatic carbocycles. The number of halogens is 1. The number of carbonyl (C=O) groups excluding carboxylic acids is 3. The average molecular weight is 650 g/mol. The van der Waals surface area contributed by atoms with E-state index in [1.54, 1.807) is 71.9 Å². The summed E-state index contributed by atoms with van der Waals surface area (Å²) < 4.78 is 15.8. The minimum atomic E-state index is -1.03. The van der Waals surface area contributed by atoms with Gasteiger partial charge in [-0.25, -0.2) is 19.4 Å². The number of hydrogen-bond acceptors (Lipinski definition) is 11. The van der Waals surface area contributed by atoms with Gasteiger partial charge in [-0.15, -0.1) is 0 Å². The van der Waals surface area contributed by atoms with Crippen LogP contribution >= 0.6 is 11.6 Å². The van der Waals surface area contributed by atoms with Gasteiger partial charge in [0.1, 0.15) is 28.3 Å². The highest BCUT2D eigenvalue weighted by Crippen LogP contribution is 2.39. The Bertz CT molecular complexity index is 1820. The number of hydrogen-bond donors (Lipinski definition) is 1. The number of imide groups is 1. The van der Waals surface area contributed by atoms with Gasteiger partial charge < -0.3 is 19.5 Å². The molecule has 13 nitrogen and oxygen atoms in total. The van der Waals surface area contributed by atoms with Gasteiger partial charge in [0.2, 0.25) is 0 Å². The van der Waals surface area contributed by atoms with E-state index in [1.165, 1.54) is 30.6 Å². The van der Waals surface area contributed by atoms with E-state index < -0.39 is 40.0 Å². The maximum Gasteiger partial charge on any atom is 0.425 e. The number of rotatable bonds is 6. The van der Waals surface area contributed by atoms with Crippen LogP contribution in [-0.2, 0) is 14.2 Å². The molecule has 1 N–H and O–H groups in total. The van der Waals surface area contributed by atoms with Crippen LogP contribution in [0.2, 0.25) is 5.02 Å². The lowest BCUT2D eigenvalue weighted by atomic mass is 10.0. The number of aromatic nitrogens is 2. The average Bonchev–Trinajstić information content (AvgIpc) is 2.95. The SMILES string of the molecule is COC(=O)c1cc(-c2ccnc(N(C(=O)OC(C)(C)C)C(=O)OC(C)(C)C)c2)cc(Nc2ccnc3c(Cl)cccc23)c1[N+](=O)[O-]. The fourth-order valence-electron chi connectivity index (χ4n) is 4.35. The standard InChI is InChI=1S/C32H32ClN5O8/c1-31(2,3)45-29(40)37(30(41)46-32(4,5)6)25-17-18(11-13-34-25)19-15-21(28(39)44-7)27(38(42)43)24(16-19)36-23-12-14-35-26-20(23)9-8-10-22(26)33/h8-17H,1-7H3,(H,35,36). The lowest BCUT2D eigenvalue weighted by Crippen LogP contribution is -2.44. The Hall–Kier alpha value is -5.30. The van der Waals surface area contributed by atoms with Crippen LogP contribution in [0.5, 0.6) is 0 Å². The molecule has 2 heterocycles.